The van der Waals surface area contributed by atoms with Gasteiger partial charge in [-0.05, 0) is 42.1 Å². The van der Waals surface area contributed by atoms with Crippen molar-refractivity contribution in [1.82, 2.24) is 4.98 Å². The first-order valence-corrected chi connectivity index (χ1v) is 11.7. The molecule has 2 aromatic heterocycles. The summed E-state index contributed by atoms with van der Waals surface area (Å²) < 4.78 is 0. The van der Waals surface area contributed by atoms with Crippen LogP contribution in [-0.4, -0.2) is 22.6 Å². The Bertz CT molecular complexity index is 905. The van der Waals surface area contributed by atoms with E-state index in [9.17, 15) is 9.59 Å². The highest BCUT2D eigenvalue weighted by Gasteiger charge is 2.09. The minimum absolute atomic E-state index is 0.0343. The number of anilines is 2. The first-order chi connectivity index (χ1) is 13.6. The molecule has 2 amide bonds. The van der Waals surface area contributed by atoms with E-state index >= 15 is 0 Å². The molecule has 0 atom stereocenters. The van der Waals surface area contributed by atoms with E-state index in [1.54, 1.807) is 11.3 Å². The van der Waals surface area contributed by atoms with Crippen molar-refractivity contribution in [3.8, 4) is 10.6 Å². The van der Waals surface area contributed by atoms with Gasteiger partial charge in [0.1, 0.15) is 0 Å². The number of thioether (sulfide) groups is 1. The Balaban J connectivity index is 1.45. The molecule has 0 radical (unpaired) electrons. The lowest BCUT2D eigenvalue weighted by Gasteiger charge is -2.06. The lowest BCUT2D eigenvalue weighted by atomic mass is 10.2. The molecule has 0 spiro atoms. The number of aromatic nitrogens is 1. The van der Waals surface area contributed by atoms with E-state index in [4.69, 9.17) is 0 Å². The van der Waals surface area contributed by atoms with Crippen molar-refractivity contribution in [2.45, 2.75) is 31.1 Å². The van der Waals surface area contributed by atoms with Crippen molar-refractivity contribution in [1.29, 1.82) is 0 Å². The molecule has 146 valence electrons. The fourth-order valence-corrected chi connectivity index (χ4v) is 4.55. The fourth-order valence-electron chi connectivity index (χ4n) is 2.37. The van der Waals surface area contributed by atoms with Crippen LogP contribution >= 0.6 is 34.4 Å². The highest BCUT2D eigenvalue weighted by molar-refractivity contribution is 8.00. The summed E-state index contributed by atoms with van der Waals surface area (Å²) in [6.07, 6.45) is 2.43. The Morgan fingerprint density at radius 3 is 2.61 bits per heavy atom. The van der Waals surface area contributed by atoms with Crippen LogP contribution in [0.3, 0.4) is 0 Å². The summed E-state index contributed by atoms with van der Waals surface area (Å²) >= 11 is 4.50. The molecule has 0 unspecified atom stereocenters. The van der Waals surface area contributed by atoms with E-state index in [0.717, 1.165) is 34.0 Å². The molecule has 0 aliphatic heterocycles. The Labute approximate surface area is 176 Å². The highest BCUT2D eigenvalue weighted by atomic mass is 32.2. The molecule has 3 aromatic rings. The van der Waals surface area contributed by atoms with Gasteiger partial charge in [0, 0.05) is 22.4 Å². The number of amides is 2. The zero-order valence-corrected chi connectivity index (χ0v) is 17.9. The molecule has 0 saturated heterocycles. The van der Waals surface area contributed by atoms with Crippen LogP contribution in [0.25, 0.3) is 10.6 Å². The summed E-state index contributed by atoms with van der Waals surface area (Å²) in [5.74, 6) is 0.247. The van der Waals surface area contributed by atoms with Crippen LogP contribution in [0.15, 0.2) is 52.1 Å². The summed E-state index contributed by atoms with van der Waals surface area (Å²) in [5, 5.41) is 10.3. The third kappa shape index (κ3) is 6.19. The zero-order valence-electron chi connectivity index (χ0n) is 15.4. The maximum atomic E-state index is 12.2. The zero-order chi connectivity index (χ0) is 19.8. The van der Waals surface area contributed by atoms with Crippen LogP contribution in [0.5, 0.6) is 0 Å². The number of thiophene rings is 1. The number of hydrogen-bond donors (Lipinski definition) is 2. The number of carbonyl (C=O) groups is 2. The van der Waals surface area contributed by atoms with E-state index in [0.29, 0.717) is 17.3 Å². The topological polar surface area (TPSA) is 71.1 Å². The SMILES string of the molecule is CCCCC(=O)Nc1ccc(SCC(=O)Nc2nc(-c3cccs3)cs2)cc1. The maximum Gasteiger partial charge on any atom is 0.236 e. The van der Waals surface area contributed by atoms with Crippen molar-refractivity contribution >= 4 is 57.1 Å². The number of benzene rings is 1. The summed E-state index contributed by atoms with van der Waals surface area (Å²) in [5.41, 5.74) is 1.67. The normalized spacial score (nSPS) is 10.6. The van der Waals surface area contributed by atoms with Crippen LogP contribution in [0.4, 0.5) is 10.8 Å². The van der Waals surface area contributed by atoms with Gasteiger partial charge in [0.25, 0.3) is 0 Å². The second-order valence-electron chi connectivity index (χ2n) is 6.03. The molecule has 5 nitrogen and oxygen atoms in total. The number of carbonyl (C=O) groups excluding carboxylic acids is 2. The van der Waals surface area contributed by atoms with E-state index in [1.165, 1.54) is 23.1 Å². The third-order valence-corrected chi connectivity index (χ3v) is 6.45. The first kappa shape index (κ1) is 20.6. The largest absolute Gasteiger partial charge is 0.326 e. The van der Waals surface area contributed by atoms with Gasteiger partial charge in [0.2, 0.25) is 11.8 Å². The number of hydrogen-bond acceptors (Lipinski definition) is 6. The second kappa shape index (κ2) is 10.4. The number of thiazole rings is 1. The fraction of sp³-hybridized carbons (Fsp3) is 0.250. The van der Waals surface area contributed by atoms with Crippen LogP contribution in [0.2, 0.25) is 0 Å². The molecule has 0 aliphatic carbocycles. The van der Waals surface area contributed by atoms with Gasteiger partial charge in [-0.1, -0.05) is 19.4 Å². The summed E-state index contributed by atoms with van der Waals surface area (Å²) in [6, 6.07) is 11.5. The Morgan fingerprint density at radius 2 is 1.89 bits per heavy atom. The standard InChI is InChI=1S/C20H21N3O2S3/c1-2-3-6-18(24)21-14-7-9-15(10-8-14)27-13-19(25)23-20-22-16(12-28-20)17-5-4-11-26-17/h4-5,7-12H,2-3,6,13H2,1H3,(H,21,24)(H,22,23,25). The van der Waals surface area contributed by atoms with Gasteiger partial charge in [-0.25, -0.2) is 4.98 Å². The van der Waals surface area contributed by atoms with E-state index in [2.05, 4.69) is 22.5 Å². The highest BCUT2D eigenvalue weighted by Crippen LogP contribution is 2.28. The number of unbranched alkanes of at least 4 members (excludes halogenated alkanes) is 1. The van der Waals surface area contributed by atoms with Crippen molar-refractivity contribution in [2.75, 3.05) is 16.4 Å². The molecule has 3 rings (SSSR count). The van der Waals surface area contributed by atoms with Gasteiger partial charge >= 0.3 is 0 Å². The van der Waals surface area contributed by atoms with Crippen LogP contribution in [0.1, 0.15) is 26.2 Å². The molecule has 2 N–H and O–H groups in total. The van der Waals surface area contributed by atoms with Gasteiger partial charge in [-0.3, -0.25) is 9.59 Å². The lowest BCUT2D eigenvalue weighted by Crippen LogP contribution is -2.13. The van der Waals surface area contributed by atoms with Crippen molar-refractivity contribution < 1.29 is 9.59 Å². The molecule has 0 saturated carbocycles. The Hall–Kier alpha value is -2.16. The molecule has 0 aliphatic rings. The summed E-state index contributed by atoms with van der Waals surface area (Å²) in [6.45, 7) is 2.06. The lowest BCUT2D eigenvalue weighted by molar-refractivity contribution is -0.116. The minimum Gasteiger partial charge on any atom is -0.326 e. The average molecular weight is 432 g/mol. The van der Waals surface area contributed by atoms with Gasteiger partial charge < -0.3 is 10.6 Å². The van der Waals surface area contributed by atoms with Crippen LogP contribution in [-0.2, 0) is 9.59 Å². The molecule has 0 fully saturated rings. The molecule has 2 heterocycles. The Kier molecular flexibility index (Phi) is 7.64. The molecule has 1 aromatic carbocycles. The first-order valence-electron chi connectivity index (χ1n) is 8.96. The molecule has 8 heteroatoms. The number of rotatable bonds is 9. The summed E-state index contributed by atoms with van der Waals surface area (Å²) in [7, 11) is 0. The molecule has 28 heavy (non-hydrogen) atoms. The van der Waals surface area contributed by atoms with Crippen molar-refractivity contribution in [2.24, 2.45) is 0 Å². The maximum absolute atomic E-state index is 12.2. The number of nitrogens with one attached hydrogen (secondary N) is 2. The monoisotopic (exact) mass is 431 g/mol. The van der Waals surface area contributed by atoms with Crippen LogP contribution < -0.4 is 10.6 Å². The van der Waals surface area contributed by atoms with Gasteiger partial charge in [-0.2, -0.15) is 0 Å². The average Bonchev–Trinajstić information content (AvgIpc) is 3.37. The van der Waals surface area contributed by atoms with Gasteiger partial charge in [0.05, 0.1) is 16.3 Å². The van der Waals surface area contributed by atoms with Gasteiger partial charge in [0.15, 0.2) is 5.13 Å². The van der Waals surface area contributed by atoms with E-state index < -0.39 is 0 Å². The summed E-state index contributed by atoms with van der Waals surface area (Å²) in [4.78, 5) is 30.4. The molecule has 0 bridgehead atoms. The van der Waals surface area contributed by atoms with Crippen molar-refractivity contribution in [3.63, 3.8) is 0 Å². The van der Waals surface area contributed by atoms with Gasteiger partial charge in [-0.15, -0.1) is 34.4 Å². The predicted octanol–water partition coefficient (Wildman–Crippen LogP) is 5.73. The van der Waals surface area contributed by atoms with Crippen LogP contribution in [0, 0.1) is 0 Å². The smallest absolute Gasteiger partial charge is 0.236 e. The minimum atomic E-state index is -0.0889. The Morgan fingerprint density at radius 1 is 1.07 bits per heavy atom. The quantitative estimate of drug-likeness (QED) is 0.424. The van der Waals surface area contributed by atoms with E-state index in [-0.39, 0.29) is 11.8 Å². The van der Waals surface area contributed by atoms with Crippen molar-refractivity contribution in [3.05, 3.63) is 47.2 Å². The predicted molar refractivity (Wildman–Crippen MR) is 119 cm³/mol. The molecular weight excluding hydrogens is 410 g/mol. The third-order valence-electron chi connectivity index (χ3n) is 3.79. The van der Waals surface area contributed by atoms with E-state index in [1.807, 2.05) is 47.2 Å². The molecular formula is C20H21N3O2S3. The second-order valence-corrected chi connectivity index (χ2v) is 8.88. The number of nitrogens with zero attached hydrogens (tertiary/aromatic N) is 1.